The summed E-state index contributed by atoms with van der Waals surface area (Å²) in [6.45, 7) is 10.7. The molecular weight excluding hydrogens is 256 g/mol. The highest BCUT2D eigenvalue weighted by Gasteiger charge is 2.28. The topological polar surface area (TPSA) is 24.5 Å². The monoisotopic (exact) mass is 282 g/mol. The predicted molar refractivity (Wildman–Crippen MR) is 81.9 cm³/mol. The molecule has 2 unspecified atom stereocenters. The number of rotatable bonds is 6. The van der Waals surface area contributed by atoms with Crippen molar-refractivity contribution in [3.8, 4) is 0 Å². The summed E-state index contributed by atoms with van der Waals surface area (Å²) in [4.78, 5) is 2.52. The smallest absolute Gasteiger partial charge is 0.0858 e. The zero-order valence-electron chi connectivity index (χ0n) is 12.3. The lowest BCUT2D eigenvalue weighted by molar-refractivity contribution is -0.0550. The molecule has 1 aliphatic heterocycles. The molecule has 0 saturated carbocycles. The van der Waals surface area contributed by atoms with Gasteiger partial charge in [0.25, 0.3) is 0 Å². The van der Waals surface area contributed by atoms with Gasteiger partial charge in [0.05, 0.1) is 12.7 Å². The van der Waals surface area contributed by atoms with Crippen LogP contribution in [0.15, 0.2) is 16.8 Å². The van der Waals surface area contributed by atoms with E-state index in [1.165, 1.54) is 5.56 Å². The molecule has 0 aliphatic carbocycles. The van der Waals surface area contributed by atoms with Gasteiger partial charge in [-0.1, -0.05) is 6.92 Å². The molecule has 1 aromatic rings. The Labute approximate surface area is 121 Å². The van der Waals surface area contributed by atoms with E-state index < -0.39 is 0 Å². The van der Waals surface area contributed by atoms with Crippen LogP contribution in [-0.2, 0) is 11.2 Å². The second kappa shape index (κ2) is 7.39. The Morgan fingerprint density at radius 1 is 1.53 bits per heavy atom. The van der Waals surface area contributed by atoms with Crippen LogP contribution >= 0.6 is 11.3 Å². The maximum Gasteiger partial charge on any atom is 0.0858 e. The molecule has 108 valence electrons. The van der Waals surface area contributed by atoms with Crippen LogP contribution in [-0.4, -0.2) is 49.3 Å². The van der Waals surface area contributed by atoms with Gasteiger partial charge in [0.1, 0.15) is 0 Å². The van der Waals surface area contributed by atoms with Gasteiger partial charge in [-0.3, -0.25) is 4.90 Å². The minimum atomic E-state index is 0.302. The van der Waals surface area contributed by atoms with E-state index in [1.54, 1.807) is 11.3 Å². The fourth-order valence-electron chi connectivity index (χ4n) is 2.67. The molecule has 0 aromatic carbocycles. The van der Waals surface area contributed by atoms with E-state index in [1.807, 2.05) is 0 Å². The van der Waals surface area contributed by atoms with Crippen LogP contribution in [0.25, 0.3) is 0 Å². The van der Waals surface area contributed by atoms with E-state index in [2.05, 4.69) is 47.8 Å². The van der Waals surface area contributed by atoms with Gasteiger partial charge >= 0.3 is 0 Å². The third-order valence-corrected chi connectivity index (χ3v) is 4.54. The van der Waals surface area contributed by atoms with E-state index in [4.69, 9.17) is 4.74 Å². The molecule has 0 amide bonds. The molecular formula is C15H26N2OS. The summed E-state index contributed by atoms with van der Waals surface area (Å²) in [5.74, 6) is 0. The van der Waals surface area contributed by atoms with E-state index in [-0.39, 0.29) is 0 Å². The number of hydrogen-bond donors (Lipinski definition) is 1. The first-order chi connectivity index (χ1) is 9.20. The molecule has 4 heteroatoms. The quantitative estimate of drug-likeness (QED) is 0.867. The molecule has 0 radical (unpaired) electrons. The highest BCUT2D eigenvalue weighted by Crippen LogP contribution is 2.16. The molecule has 19 heavy (non-hydrogen) atoms. The van der Waals surface area contributed by atoms with Crippen molar-refractivity contribution in [2.45, 2.75) is 45.4 Å². The van der Waals surface area contributed by atoms with E-state index in [0.717, 1.165) is 32.7 Å². The Kier molecular flexibility index (Phi) is 5.82. The molecule has 1 saturated heterocycles. The average Bonchev–Trinajstić information content (AvgIpc) is 2.91. The molecule has 1 fully saturated rings. The highest BCUT2D eigenvalue weighted by molar-refractivity contribution is 7.07. The Bertz CT molecular complexity index is 353. The van der Waals surface area contributed by atoms with Crippen molar-refractivity contribution >= 4 is 11.3 Å². The summed E-state index contributed by atoms with van der Waals surface area (Å²) >= 11 is 1.77. The van der Waals surface area contributed by atoms with Crippen molar-refractivity contribution in [1.29, 1.82) is 0 Å². The number of ether oxygens (including phenoxy) is 1. The molecule has 0 spiro atoms. The lowest BCUT2D eigenvalue weighted by atomic mass is 10.0. The van der Waals surface area contributed by atoms with Crippen molar-refractivity contribution < 1.29 is 4.74 Å². The minimum Gasteiger partial charge on any atom is -0.374 e. The standard InChI is InChI=1S/C15H26N2OS/c1-4-16-14(9-13-5-8-19-11-13)15-10-17(12(2)3)6-7-18-15/h5,8,11-12,14-16H,4,6-7,9-10H2,1-3H3. The molecule has 1 aliphatic rings. The number of nitrogens with zero attached hydrogens (tertiary/aromatic N) is 1. The van der Waals surface area contributed by atoms with Crippen molar-refractivity contribution in [1.82, 2.24) is 10.2 Å². The highest BCUT2D eigenvalue weighted by atomic mass is 32.1. The van der Waals surface area contributed by atoms with Gasteiger partial charge in [-0.2, -0.15) is 11.3 Å². The molecule has 1 aromatic heterocycles. The zero-order chi connectivity index (χ0) is 13.7. The SMILES string of the molecule is CCNC(Cc1ccsc1)C1CN(C(C)C)CCO1. The van der Waals surface area contributed by atoms with Crippen LogP contribution in [0.4, 0.5) is 0 Å². The predicted octanol–water partition coefficient (Wildman–Crippen LogP) is 2.38. The van der Waals surface area contributed by atoms with Crippen molar-refractivity contribution in [2.75, 3.05) is 26.2 Å². The van der Waals surface area contributed by atoms with Crippen LogP contribution in [0.3, 0.4) is 0 Å². The number of morpholine rings is 1. The first-order valence-electron chi connectivity index (χ1n) is 7.30. The molecule has 2 rings (SSSR count). The zero-order valence-corrected chi connectivity index (χ0v) is 13.1. The first kappa shape index (κ1) is 15.0. The summed E-state index contributed by atoms with van der Waals surface area (Å²) < 4.78 is 6.02. The normalized spacial score (nSPS) is 22.8. The summed E-state index contributed by atoms with van der Waals surface area (Å²) in [6.07, 6.45) is 1.37. The molecule has 1 N–H and O–H groups in total. The van der Waals surface area contributed by atoms with Crippen LogP contribution < -0.4 is 5.32 Å². The lowest BCUT2D eigenvalue weighted by Crippen LogP contribution is -2.54. The Morgan fingerprint density at radius 3 is 3.00 bits per heavy atom. The minimum absolute atomic E-state index is 0.302. The van der Waals surface area contributed by atoms with Gasteiger partial charge in [-0.05, 0) is 49.2 Å². The molecule has 2 atom stereocenters. The Morgan fingerprint density at radius 2 is 2.37 bits per heavy atom. The van der Waals surface area contributed by atoms with E-state index in [0.29, 0.717) is 18.2 Å². The summed E-state index contributed by atoms with van der Waals surface area (Å²) in [7, 11) is 0. The van der Waals surface area contributed by atoms with Crippen LogP contribution in [0, 0.1) is 0 Å². The maximum absolute atomic E-state index is 6.02. The Balaban J connectivity index is 1.97. The van der Waals surface area contributed by atoms with Crippen molar-refractivity contribution in [2.24, 2.45) is 0 Å². The van der Waals surface area contributed by atoms with Crippen LogP contribution in [0.5, 0.6) is 0 Å². The van der Waals surface area contributed by atoms with Gasteiger partial charge in [0, 0.05) is 25.2 Å². The summed E-state index contributed by atoms with van der Waals surface area (Å²) in [5, 5.41) is 8.00. The Hall–Kier alpha value is -0.420. The van der Waals surface area contributed by atoms with Gasteiger partial charge < -0.3 is 10.1 Å². The van der Waals surface area contributed by atoms with Crippen molar-refractivity contribution in [3.05, 3.63) is 22.4 Å². The largest absolute Gasteiger partial charge is 0.374 e. The summed E-state index contributed by atoms with van der Waals surface area (Å²) in [6, 6.07) is 3.24. The molecule has 3 nitrogen and oxygen atoms in total. The van der Waals surface area contributed by atoms with Crippen molar-refractivity contribution in [3.63, 3.8) is 0 Å². The van der Waals surface area contributed by atoms with Gasteiger partial charge in [-0.25, -0.2) is 0 Å². The third-order valence-electron chi connectivity index (χ3n) is 3.81. The van der Waals surface area contributed by atoms with Gasteiger partial charge in [0.2, 0.25) is 0 Å². The molecule has 2 heterocycles. The van der Waals surface area contributed by atoms with Gasteiger partial charge in [-0.15, -0.1) is 0 Å². The maximum atomic E-state index is 6.02. The fourth-order valence-corrected chi connectivity index (χ4v) is 3.35. The molecule has 0 bridgehead atoms. The first-order valence-corrected chi connectivity index (χ1v) is 8.25. The van der Waals surface area contributed by atoms with Crippen LogP contribution in [0.2, 0.25) is 0 Å². The number of thiophene rings is 1. The lowest BCUT2D eigenvalue weighted by Gasteiger charge is -2.39. The third kappa shape index (κ3) is 4.28. The number of hydrogen-bond acceptors (Lipinski definition) is 4. The van der Waals surface area contributed by atoms with E-state index in [9.17, 15) is 0 Å². The number of likely N-dealkylation sites (N-methyl/N-ethyl adjacent to an activating group) is 1. The van der Waals surface area contributed by atoms with E-state index >= 15 is 0 Å². The average molecular weight is 282 g/mol. The second-order valence-electron chi connectivity index (χ2n) is 5.50. The fraction of sp³-hybridized carbons (Fsp3) is 0.733. The second-order valence-corrected chi connectivity index (χ2v) is 6.28. The summed E-state index contributed by atoms with van der Waals surface area (Å²) in [5.41, 5.74) is 1.42. The van der Waals surface area contributed by atoms with Crippen LogP contribution in [0.1, 0.15) is 26.3 Å². The van der Waals surface area contributed by atoms with Gasteiger partial charge in [0.15, 0.2) is 0 Å². The number of nitrogens with one attached hydrogen (secondary N) is 1.